The number of rotatable bonds is 0. The molecule has 0 aliphatic carbocycles. The minimum atomic E-state index is -7.51. The largest absolute Gasteiger partial charge is 0.487 e. The van der Waals surface area contributed by atoms with E-state index in [2.05, 4.69) is 0 Å². The Kier molecular flexibility index (Phi) is 2.34. The summed E-state index contributed by atoms with van der Waals surface area (Å²) in [7, 11) is -7.51. The van der Waals surface area contributed by atoms with Crippen molar-refractivity contribution in [2.45, 2.75) is 11.0 Å². The standard InChI is InChI=1S/C2F8S/c3-1(4,5)11(9,10)2(6,7)8. The molecule has 0 heterocycles. The van der Waals surface area contributed by atoms with Crippen molar-refractivity contribution in [3.05, 3.63) is 0 Å². The number of hydrogen-bond acceptors (Lipinski definition) is 0. The van der Waals surface area contributed by atoms with Crippen LogP contribution in [-0.2, 0) is 0 Å². The van der Waals surface area contributed by atoms with Gasteiger partial charge in [0.1, 0.15) is 0 Å². The second-order valence-electron chi connectivity index (χ2n) is 1.36. The molecule has 9 heteroatoms. The Bertz CT molecular complexity index is 123. The fourth-order valence-corrected chi connectivity index (χ4v) is 0.394. The van der Waals surface area contributed by atoms with Crippen LogP contribution in [0.1, 0.15) is 0 Å². The van der Waals surface area contributed by atoms with Crippen LogP contribution in [0.15, 0.2) is 0 Å². The van der Waals surface area contributed by atoms with Gasteiger partial charge in [0.15, 0.2) is 0 Å². The lowest BCUT2D eigenvalue weighted by molar-refractivity contribution is -0.0929. The van der Waals surface area contributed by atoms with Gasteiger partial charge in [-0.1, -0.05) is 0 Å². The van der Waals surface area contributed by atoms with Crippen LogP contribution in [0.5, 0.6) is 0 Å². The van der Waals surface area contributed by atoms with Crippen LogP contribution in [0.3, 0.4) is 0 Å². The predicted octanol–water partition coefficient (Wildman–Crippen LogP) is 3.60. The maximum Gasteiger partial charge on any atom is 0.487 e. The highest BCUT2D eigenvalue weighted by Crippen LogP contribution is 2.74. The second-order valence-corrected chi connectivity index (χ2v) is 3.22. The van der Waals surface area contributed by atoms with E-state index >= 15 is 0 Å². The summed E-state index contributed by atoms with van der Waals surface area (Å²) in [6.07, 6.45) is 0. The summed E-state index contributed by atoms with van der Waals surface area (Å²) in [5.41, 5.74) is -13.0. The van der Waals surface area contributed by atoms with Crippen molar-refractivity contribution < 1.29 is 34.1 Å². The van der Waals surface area contributed by atoms with Gasteiger partial charge >= 0.3 is 11.0 Å². The van der Waals surface area contributed by atoms with Gasteiger partial charge in [-0.25, -0.2) is 0 Å². The Morgan fingerprint density at radius 3 is 0.818 bits per heavy atom. The van der Waals surface area contributed by atoms with Crippen LogP contribution in [0.4, 0.5) is 34.1 Å². The Morgan fingerprint density at radius 1 is 0.636 bits per heavy atom. The highest BCUT2D eigenvalue weighted by atomic mass is 32.3. The van der Waals surface area contributed by atoms with Gasteiger partial charge in [-0.05, 0) is 0 Å². The minimum Gasteiger partial charge on any atom is -0.158 e. The molecule has 0 aliphatic heterocycles. The maximum absolute atomic E-state index is 11.3. The smallest absolute Gasteiger partial charge is 0.158 e. The van der Waals surface area contributed by atoms with Crippen LogP contribution < -0.4 is 0 Å². The molecule has 0 unspecified atom stereocenters. The van der Waals surface area contributed by atoms with Crippen molar-refractivity contribution in [1.29, 1.82) is 0 Å². The molecule has 0 amide bonds. The predicted molar refractivity (Wildman–Crippen MR) is 21.9 cm³/mol. The Balaban J connectivity index is 4.75. The molecule has 11 heavy (non-hydrogen) atoms. The molecule has 70 valence electrons. The van der Waals surface area contributed by atoms with Crippen molar-refractivity contribution in [2.75, 3.05) is 0 Å². The summed E-state index contributed by atoms with van der Waals surface area (Å²) < 4.78 is 87.9. The van der Waals surface area contributed by atoms with Gasteiger partial charge in [-0.15, -0.1) is 7.77 Å². The number of alkyl halides is 6. The molecule has 0 atom stereocenters. The zero-order chi connectivity index (χ0) is 9.50. The summed E-state index contributed by atoms with van der Waals surface area (Å²) >= 11 is 0. The maximum atomic E-state index is 11.3. The molecule has 0 aromatic rings. The molecule has 0 saturated heterocycles. The van der Waals surface area contributed by atoms with E-state index in [0.717, 1.165) is 0 Å². The highest BCUT2D eigenvalue weighted by molar-refractivity contribution is 8.26. The normalized spacial score (nSPS) is 16.7. The lowest BCUT2D eigenvalue weighted by Crippen LogP contribution is -2.25. The van der Waals surface area contributed by atoms with Crippen LogP contribution in [-0.4, -0.2) is 11.0 Å². The number of hydrogen-bond donors (Lipinski definition) is 0. The van der Waals surface area contributed by atoms with E-state index in [4.69, 9.17) is 0 Å². The summed E-state index contributed by atoms with van der Waals surface area (Å²) in [5, 5.41) is 0. The lowest BCUT2D eigenvalue weighted by atomic mass is 11.5. The van der Waals surface area contributed by atoms with Gasteiger partial charge in [0.2, 0.25) is 0 Å². The minimum absolute atomic E-state index is 6.49. The Labute approximate surface area is 57.1 Å². The monoisotopic (exact) mass is 208 g/mol. The van der Waals surface area contributed by atoms with Crippen LogP contribution >= 0.6 is 10.8 Å². The summed E-state index contributed by atoms with van der Waals surface area (Å²) in [6.45, 7) is 0. The van der Waals surface area contributed by atoms with Crippen molar-refractivity contribution >= 4 is 10.8 Å². The second kappa shape index (κ2) is 2.39. The van der Waals surface area contributed by atoms with Crippen LogP contribution in [0, 0.1) is 0 Å². The molecule has 0 spiro atoms. The molecule has 0 saturated carbocycles. The van der Waals surface area contributed by atoms with Crippen LogP contribution in [0.25, 0.3) is 0 Å². The third-order valence-corrected chi connectivity index (χ3v) is 1.74. The first-order valence-corrected chi connectivity index (χ1v) is 3.28. The van der Waals surface area contributed by atoms with Crippen LogP contribution in [0.2, 0.25) is 0 Å². The zero-order valence-corrected chi connectivity index (χ0v) is 5.25. The van der Waals surface area contributed by atoms with E-state index in [1.807, 2.05) is 0 Å². The van der Waals surface area contributed by atoms with Crippen molar-refractivity contribution in [3.8, 4) is 0 Å². The van der Waals surface area contributed by atoms with Gasteiger partial charge in [-0.2, -0.15) is 26.3 Å². The summed E-state index contributed by atoms with van der Waals surface area (Å²) in [6, 6.07) is 0. The van der Waals surface area contributed by atoms with E-state index in [1.165, 1.54) is 0 Å². The molecule has 0 nitrogen and oxygen atoms in total. The fourth-order valence-electron chi connectivity index (χ4n) is 0.131. The first kappa shape index (κ1) is 10.8. The summed E-state index contributed by atoms with van der Waals surface area (Å²) in [4.78, 5) is 0. The van der Waals surface area contributed by atoms with E-state index in [0.29, 0.717) is 0 Å². The quantitative estimate of drug-likeness (QED) is 0.533. The first-order valence-electron chi connectivity index (χ1n) is 1.85. The average molecular weight is 208 g/mol. The molecular weight excluding hydrogens is 208 g/mol. The third-order valence-electron chi connectivity index (χ3n) is 0.581. The molecule has 0 aromatic heterocycles. The van der Waals surface area contributed by atoms with Gasteiger partial charge in [-0.3, -0.25) is 0 Å². The van der Waals surface area contributed by atoms with E-state index in [-0.39, 0.29) is 0 Å². The van der Waals surface area contributed by atoms with Gasteiger partial charge < -0.3 is 0 Å². The van der Waals surface area contributed by atoms with Gasteiger partial charge in [0.05, 0.1) is 0 Å². The first-order chi connectivity index (χ1) is 4.50. The van der Waals surface area contributed by atoms with E-state index < -0.39 is 21.8 Å². The topological polar surface area (TPSA) is 0 Å². The third kappa shape index (κ3) is 1.88. The van der Waals surface area contributed by atoms with Gasteiger partial charge in [0.25, 0.3) is 10.8 Å². The van der Waals surface area contributed by atoms with Crippen molar-refractivity contribution in [2.24, 2.45) is 0 Å². The highest BCUT2D eigenvalue weighted by Gasteiger charge is 2.70. The SMILES string of the molecule is FC(F)(F)S(F)(F)C(F)(F)F. The lowest BCUT2D eigenvalue weighted by Gasteiger charge is -2.24. The Morgan fingerprint density at radius 2 is 0.818 bits per heavy atom. The van der Waals surface area contributed by atoms with Gasteiger partial charge in [0, 0.05) is 0 Å². The van der Waals surface area contributed by atoms with E-state index in [1.54, 1.807) is 0 Å². The zero-order valence-electron chi connectivity index (χ0n) is 4.43. The molecule has 0 fully saturated rings. The molecule has 0 aliphatic rings. The molecular formula is C2F8S. The summed E-state index contributed by atoms with van der Waals surface area (Å²) in [5.74, 6) is 0. The number of halogens is 8. The fraction of sp³-hybridized carbons (Fsp3) is 1.00. The molecule has 0 bridgehead atoms. The molecule has 0 aromatic carbocycles. The average Bonchev–Trinajstić information content (AvgIpc) is 1.58. The van der Waals surface area contributed by atoms with Crippen molar-refractivity contribution in [3.63, 3.8) is 0 Å². The van der Waals surface area contributed by atoms with E-state index in [9.17, 15) is 34.1 Å². The molecule has 0 rings (SSSR count). The molecule has 0 N–H and O–H groups in total. The Hall–Kier alpha value is -0.210. The molecule has 0 radical (unpaired) electrons. The van der Waals surface area contributed by atoms with Crippen molar-refractivity contribution in [1.82, 2.24) is 0 Å².